The highest BCUT2D eigenvalue weighted by molar-refractivity contribution is 6.26. The molecule has 6 heteroatoms. The monoisotopic (exact) mass is 432 g/mol. The summed E-state index contributed by atoms with van der Waals surface area (Å²) in [6.07, 6.45) is 1.37. The average Bonchev–Trinajstić information content (AvgIpc) is 2.76. The Kier molecular flexibility index (Phi) is 6.07. The number of rotatable bonds is 5. The summed E-state index contributed by atoms with van der Waals surface area (Å²) >= 11 is 0. The van der Waals surface area contributed by atoms with Crippen LogP contribution in [0.3, 0.4) is 0 Å². The first kappa shape index (κ1) is 23.1. The lowest BCUT2D eigenvalue weighted by Gasteiger charge is -2.43. The second kappa shape index (κ2) is 8.15. The summed E-state index contributed by atoms with van der Waals surface area (Å²) in [7, 11) is 0. The highest BCUT2D eigenvalue weighted by Gasteiger charge is 2.50. The van der Waals surface area contributed by atoms with Gasteiger partial charge in [-0.15, -0.1) is 0 Å². The molecule has 3 rings (SSSR count). The van der Waals surface area contributed by atoms with Gasteiger partial charge in [0.2, 0.25) is 0 Å². The normalized spacial score (nSPS) is 24.1. The van der Waals surface area contributed by atoms with E-state index in [0.29, 0.717) is 36.0 Å². The minimum Gasteiger partial charge on any atom is -0.508 e. The summed E-state index contributed by atoms with van der Waals surface area (Å²) in [6.45, 7) is 9.05. The Hall–Kier alpha value is -2.60. The minimum atomic E-state index is -1.53. The predicted octanol–water partition coefficient (Wildman–Crippen LogP) is 6.54. The van der Waals surface area contributed by atoms with Gasteiger partial charge >= 0.3 is 0 Å². The van der Waals surface area contributed by atoms with Crippen molar-refractivity contribution in [1.82, 2.24) is 0 Å². The summed E-state index contributed by atoms with van der Waals surface area (Å²) in [4.78, 5) is 13.4. The summed E-state index contributed by atoms with van der Waals surface area (Å²) in [6, 6.07) is 6.86. The second-order valence-electron chi connectivity index (χ2n) is 8.27. The first-order valence-corrected chi connectivity index (χ1v) is 10.5. The van der Waals surface area contributed by atoms with Gasteiger partial charge in [0, 0.05) is 5.56 Å². The van der Waals surface area contributed by atoms with Crippen LogP contribution in [0, 0.1) is 17.5 Å². The van der Waals surface area contributed by atoms with Crippen LogP contribution in [0.1, 0.15) is 58.6 Å². The Morgan fingerprint density at radius 2 is 1.52 bits per heavy atom. The van der Waals surface area contributed by atoms with Crippen molar-refractivity contribution in [1.29, 1.82) is 0 Å². The van der Waals surface area contributed by atoms with E-state index in [1.165, 1.54) is 6.07 Å². The van der Waals surface area contributed by atoms with Crippen LogP contribution >= 0.6 is 0 Å². The molecule has 2 atom stereocenters. The highest BCUT2D eigenvalue weighted by atomic mass is 19.2. The number of carbonyl (C=O) groups excluding carboxylic acids is 1. The topological polar surface area (TPSA) is 46.5 Å². The number of Topliss-reactive ketones (excluding diaryl/α,β-unsaturated/α-hetero) is 1. The lowest BCUT2D eigenvalue weighted by atomic mass is 9.78. The van der Waals surface area contributed by atoms with E-state index in [1.54, 1.807) is 32.0 Å². The molecule has 0 fully saturated rings. The van der Waals surface area contributed by atoms with E-state index in [1.807, 2.05) is 20.8 Å². The van der Waals surface area contributed by atoms with E-state index in [0.717, 1.165) is 6.07 Å². The van der Waals surface area contributed by atoms with Crippen molar-refractivity contribution in [2.24, 2.45) is 0 Å². The minimum absolute atomic E-state index is 0.0755. The lowest BCUT2D eigenvalue weighted by molar-refractivity contribution is -0.167. The smallest absolute Gasteiger partial charge is 0.198 e. The summed E-state index contributed by atoms with van der Waals surface area (Å²) < 4.78 is 47.4. The van der Waals surface area contributed by atoms with Crippen LogP contribution in [0.4, 0.5) is 13.2 Å². The van der Waals surface area contributed by atoms with Gasteiger partial charge < -0.3 is 9.84 Å². The van der Waals surface area contributed by atoms with Crippen LogP contribution in [0.5, 0.6) is 0 Å². The molecule has 0 aliphatic carbocycles. The fourth-order valence-corrected chi connectivity index (χ4v) is 4.00. The summed E-state index contributed by atoms with van der Waals surface area (Å²) in [5.74, 6) is -4.51. The maximum Gasteiger partial charge on any atom is 0.198 e. The van der Waals surface area contributed by atoms with Gasteiger partial charge in [-0.1, -0.05) is 39.0 Å². The van der Waals surface area contributed by atoms with Gasteiger partial charge in [0.15, 0.2) is 23.2 Å². The third-order valence-electron chi connectivity index (χ3n) is 6.35. The number of ketones is 1. The molecule has 1 aliphatic heterocycles. The number of hydrogen-bond acceptors (Lipinski definition) is 3. The standard InChI is InChI=1S/C25H27F3O3/c1-6-14-13-15(17-11-12-18(26)21(28)20(17)27)9-10-16(14)19-22(29)24(4,7-2)31-25(5,8-3)23(19)30/h9-13,29H,6-8H2,1-5H3. The van der Waals surface area contributed by atoms with Gasteiger partial charge in [0.1, 0.15) is 17.0 Å². The van der Waals surface area contributed by atoms with Crippen LogP contribution < -0.4 is 0 Å². The van der Waals surface area contributed by atoms with Crippen molar-refractivity contribution in [3.8, 4) is 11.1 Å². The maximum absolute atomic E-state index is 14.3. The van der Waals surface area contributed by atoms with Gasteiger partial charge in [-0.2, -0.15) is 0 Å². The quantitative estimate of drug-likeness (QED) is 0.546. The molecular weight excluding hydrogens is 405 g/mol. The molecule has 0 saturated carbocycles. The molecule has 2 aromatic carbocycles. The van der Waals surface area contributed by atoms with Crippen LogP contribution in [-0.2, 0) is 16.0 Å². The van der Waals surface area contributed by atoms with Gasteiger partial charge in [0.25, 0.3) is 0 Å². The number of ether oxygens (including phenoxy) is 1. The molecule has 2 unspecified atom stereocenters. The van der Waals surface area contributed by atoms with Crippen molar-refractivity contribution in [2.75, 3.05) is 0 Å². The van der Waals surface area contributed by atoms with E-state index in [-0.39, 0.29) is 22.7 Å². The van der Waals surface area contributed by atoms with Gasteiger partial charge in [0.05, 0.1) is 5.57 Å². The lowest BCUT2D eigenvalue weighted by Crippen LogP contribution is -2.52. The molecule has 166 valence electrons. The van der Waals surface area contributed by atoms with E-state index in [4.69, 9.17) is 4.74 Å². The third kappa shape index (κ3) is 3.67. The molecule has 0 radical (unpaired) electrons. The molecule has 0 amide bonds. The number of aryl methyl sites for hydroxylation is 1. The second-order valence-corrected chi connectivity index (χ2v) is 8.27. The third-order valence-corrected chi connectivity index (χ3v) is 6.35. The Balaban J connectivity index is 2.22. The molecule has 0 saturated heterocycles. The van der Waals surface area contributed by atoms with E-state index < -0.39 is 28.7 Å². The molecule has 0 spiro atoms. The molecule has 3 nitrogen and oxygen atoms in total. The predicted molar refractivity (Wildman–Crippen MR) is 114 cm³/mol. The highest BCUT2D eigenvalue weighted by Crippen LogP contribution is 2.44. The largest absolute Gasteiger partial charge is 0.508 e. The summed E-state index contributed by atoms with van der Waals surface area (Å²) in [5, 5.41) is 11.0. The van der Waals surface area contributed by atoms with Gasteiger partial charge in [-0.3, -0.25) is 4.79 Å². The molecule has 0 bridgehead atoms. The average molecular weight is 432 g/mol. The van der Waals surface area contributed by atoms with Crippen molar-refractivity contribution in [3.05, 3.63) is 64.7 Å². The maximum atomic E-state index is 14.3. The molecule has 0 aromatic heterocycles. The van der Waals surface area contributed by atoms with Crippen molar-refractivity contribution >= 4 is 11.4 Å². The zero-order chi connectivity index (χ0) is 23.1. The Bertz CT molecular complexity index is 1080. The molecule has 2 aromatic rings. The van der Waals surface area contributed by atoms with Crippen LogP contribution in [0.2, 0.25) is 0 Å². The van der Waals surface area contributed by atoms with E-state index in [2.05, 4.69) is 0 Å². The first-order valence-electron chi connectivity index (χ1n) is 10.5. The van der Waals surface area contributed by atoms with E-state index in [9.17, 15) is 23.1 Å². The van der Waals surface area contributed by atoms with Crippen LogP contribution in [-0.4, -0.2) is 22.1 Å². The zero-order valence-corrected chi connectivity index (χ0v) is 18.4. The number of halogens is 3. The number of benzene rings is 2. The molecule has 1 aliphatic rings. The number of aliphatic hydroxyl groups is 1. The molecule has 1 N–H and O–H groups in total. The van der Waals surface area contributed by atoms with Crippen LogP contribution in [0.15, 0.2) is 36.1 Å². The van der Waals surface area contributed by atoms with E-state index >= 15 is 0 Å². The fourth-order valence-electron chi connectivity index (χ4n) is 4.00. The van der Waals surface area contributed by atoms with Crippen molar-refractivity contribution < 1.29 is 27.8 Å². The van der Waals surface area contributed by atoms with Crippen molar-refractivity contribution in [3.63, 3.8) is 0 Å². The molecular formula is C25H27F3O3. The van der Waals surface area contributed by atoms with Crippen LogP contribution in [0.25, 0.3) is 16.7 Å². The molecule has 1 heterocycles. The number of aliphatic hydroxyl groups excluding tert-OH is 1. The fraction of sp³-hybridized carbons (Fsp3) is 0.400. The first-order chi connectivity index (χ1) is 14.5. The zero-order valence-electron chi connectivity index (χ0n) is 18.4. The number of hydrogen-bond donors (Lipinski definition) is 1. The molecule has 31 heavy (non-hydrogen) atoms. The Labute approximate surface area is 180 Å². The number of carbonyl (C=O) groups is 1. The SMILES string of the molecule is CCc1cc(-c2ccc(F)c(F)c2F)ccc1C1=C(O)C(C)(CC)OC(C)(CC)C1=O. The summed E-state index contributed by atoms with van der Waals surface area (Å²) in [5.41, 5.74) is -0.447. The Morgan fingerprint density at radius 1 is 0.903 bits per heavy atom. The van der Waals surface area contributed by atoms with Gasteiger partial charge in [-0.05, 0) is 61.9 Å². The van der Waals surface area contributed by atoms with Crippen molar-refractivity contribution in [2.45, 2.75) is 65.1 Å². The Morgan fingerprint density at radius 3 is 2.10 bits per heavy atom. The van der Waals surface area contributed by atoms with Gasteiger partial charge in [-0.25, -0.2) is 13.2 Å².